The number of fused-ring (bicyclic) bond motifs is 3. The predicted octanol–water partition coefficient (Wildman–Crippen LogP) is 11.8. The van der Waals surface area contributed by atoms with E-state index in [2.05, 4.69) is 192 Å². The maximum absolute atomic E-state index is 2.46. The largest absolute Gasteiger partial charge is 0.311 e. The molecule has 0 fully saturated rings. The lowest BCUT2D eigenvalue weighted by Crippen LogP contribution is -2.09. The first kappa shape index (κ1) is 27.7. The number of anilines is 3. The highest BCUT2D eigenvalue weighted by Gasteiger charge is 2.16. The predicted molar refractivity (Wildman–Crippen MR) is 195 cm³/mol. The minimum atomic E-state index is 0.860. The third-order valence-electron chi connectivity index (χ3n) is 8.97. The third-order valence-corrected chi connectivity index (χ3v) is 8.97. The zero-order chi connectivity index (χ0) is 30.9. The molecular weight excluding hydrogens is 556 g/mol. The van der Waals surface area contributed by atoms with Gasteiger partial charge in [-0.3, -0.25) is 0 Å². The first-order chi connectivity index (χ1) is 22.7. The summed E-state index contributed by atoms with van der Waals surface area (Å²) in [7, 11) is 0. The van der Waals surface area contributed by atoms with Gasteiger partial charge in [0.1, 0.15) is 0 Å². The van der Waals surface area contributed by atoms with E-state index in [4.69, 9.17) is 0 Å². The molecule has 7 aromatic carbocycles. The van der Waals surface area contributed by atoms with Crippen molar-refractivity contribution < 1.29 is 0 Å². The van der Waals surface area contributed by atoms with Gasteiger partial charge in [-0.05, 0) is 89.7 Å². The summed E-state index contributed by atoms with van der Waals surface area (Å²) >= 11 is 0. The van der Waals surface area contributed by atoms with E-state index in [-0.39, 0.29) is 0 Å². The van der Waals surface area contributed by atoms with E-state index >= 15 is 0 Å². The summed E-state index contributed by atoms with van der Waals surface area (Å²) < 4.78 is 2.46. The average molecular weight is 591 g/mol. The van der Waals surface area contributed by atoms with Crippen LogP contribution in [0.25, 0.3) is 38.6 Å². The second kappa shape index (κ2) is 11.9. The van der Waals surface area contributed by atoms with Crippen molar-refractivity contribution in [1.29, 1.82) is 0 Å². The van der Waals surface area contributed by atoms with E-state index in [0.717, 1.165) is 23.5 Å². The summed E-state index contributed by atoms with van der Waals surface area (Å²) in [5.41, 5.74) is 13.5. The van der Waals surface area contributed by atoms with Crippen LogP contribution in [-0.4, -0.2) is 4.57 Å². The van der Waals surface area contributed by atoms with E-state index in [1.165, 1.54) is 55.3 Å². The lowest BCUT2D eigenvalue weighted by Gasteiger charge is -2.25. The van der Waals surface area contributed by atoms with Gasteiger partial charge >= 0.3 is 0 Å². The summed E-state index contributed by atoms with van der Waals surface area (Å²) in [6.07, 6.45) is 0.860. The number of benzene rings is 7. The van der Waals surface area contributed by atoms with Crippen LogP contribution >= 0.6 is 0 Å². The first-order valence-corrected chi connectivity index (χ1v) is 15.9. The molecule has 0 radical (unpaired) electrons. The van der Waals surface area contributed by atoms with Crippen LogP contribution in [0.4, 0.5) is 17.1 Å². The molecule has 0 saturated heterocycles. The number of nitrogens with zero attached hydrogens (tertiary/aromatic N) is 2. The Bertz CT molecular complexity index is 2220. The van der Waals surface area contributed by atoms with Crippen molar-refractivity contribution in [2.24, 2.45) is 0 Å². The summed E-state index contributed by atoms with van der Waals surface area (Å²) in [4.78, 5) is 2.29. The van der Waals surface area contributed by atoms with Crippen LogP contribution in [-0.2, 0) is 6.42 Å². The van der Waals surface area contributed by atoms with Gasteiger partial charge in [-0.2, -0.15) is 0 Å². The topological polar surface area (TPSA) is 8.17 Å². The lowest BCUT2D eigenvalue weighted by molar-refractivity contribution is 1.09. The summed E-state index contributed by atoms with van der Waals surface area (Å²) in [6.45, 7) is 2.21. The monoisotopic (exact) mass is 590 g/mol. The second-order valence-electron chi connectivity index (χ2n) is 11.9. The Morgan fingerprint density at radius 3 is 1.70 bits per heavy atom. The number of para-hydroxylation sites is 5. The minimum absolute atomic E-state index is 0.860. The van der Waals surface area contributed by atoms with Crippen LogP contribution in [0.15, 0.2) is 176 Å². The SMILES string of the molecule is Cc1cccc2c3ccccc3n(-c3ccccc3Cc3ccc(-c4ccc(N(c5ccccc5)c5ccccc5)cc4)cc3)c12. The van der Waals surface area contributed by atoms with Crippen molar-refractivity contribution >= 4 is 38.9 Å². The molecule has 1 aromatic heterocycles. The zero-order valence-electron chi connectivity index (χ0n) is 25.8. The number of hydrogen-bond donors (Lipinski definition) is 0. The van der Waals surface area contributed by atoms with Crippen molar-refractivity contribution in [3.63, 3.8) is 0 Å². The molecule has 220 valence electrons. The van der Waals surface area contributed by atoms with Crippen LogP contribution < -0.4 is 4.90 Å². The Morgan fingerprint density at radius 2 is 1.00 bits per heavy atom. The molecule has 0 aliphatic rings. The van der Waals surface area contributed by atoms with Crippen LogP contribution in [0.3, 0.4) is 0 Å². The molecule has 0 bridgehead atoms. The van der Waals surface area contributed by atoms with Gasteiger partial charge < -0.3 is 9.47 Å². The molecule has 0 amide bonds. The van der Waals surface area contributed by atoms with Crippen LogP contribution in [0.5, 0.6) is 0 Å². The van der Waals surface area contributed by atoms with Crippen molar-refractivity contribution in [2.45, 2.75) is 13.3 Å². The second-order valence-corrected chi connectivity index (χ2v) is 11.9. The third kappa shape index (κ3) is 5.04. The maximum atomic E-state index is 2.46. The molecule has 2 nitrogen and oxygen atoms in total. The molecule has 0 unspecified atom stereocenters. The zero-order valence-corrected chi connectivity index (χ0v) is 25.8. The molecule has 0 atom stereocenters. The van der Waals surface area contributed by atoms with Gasteiger partial charge in [0.05, 0.1) is 11.0 Å². The summed E-state index contributed by atoms with van der Waals surface area (Å²) in [6, 6.07) is 63.2. The molecule has 2 heteroatoms. The number of hydrogen-bond acceptors (Lipinski definition) is 1. The molecule has 8 aromatic rings. The van der Waals surface area contributed by atoms with Crippen LogP contribution in [0.2, 0.25) is 0 Å². The van der Waals surface area contributed by atoms with E-state index in [0.29, 0.717) is 0 Å². The quantitative estimate of drug-likeness (QED) is 0.179. The highest BCUT2D eigenvalue weighted by molar-refractivity contribution is 6.10. The lowest BCUT2D eigenvalue weighted by atomic mass is 9.99. The number of aromatic nitrogens is 1. The average Bonchev–Trinajstić information content (AvgIpc) is 3.46. The highest BCUT2D eigenvalue weighted by Crippen LogP contribution is 2.37. The van der Waals surface area contributed by atoms with Gasteiger partial charge in [-0.1, -0.05) is 127 Å². The standard InChI is InChI=1S/C44H34N2/c1-32-13-12-20-41-40-19-9-11-22-43(40)46(44(32)41)42-21-10-8-14-36(42)31-33-23-25-34(26-24-33)35-27-29-39(30-28-35)45(37-15-4-2-5-16-37)38-17-6-3-7-18-38/h2-30H,31H2,1H3. The Balaban J connectivity index is 1.09. The molecule has 1 heterocycles. The van der Waals surface area contributed by atoms with Gasteiger partial charge in [0.25, 0.3) is 0 Å². The maximum Gasteiger partial charge on any atom is 0.0570 e. The highest BCUT2D eigenvalue weighted by atomic mass is 15.1. The minimum Gasteiger partial charge on any atom is -0.311 e. The number of rotatable bonds is 7. The smallest absolute Gasteiger partial charge is 0.0570 e. The molecule has 0 aliphatic carbocycles. The van der Waals surface area contributed by atoms with Crippen LogP contribution in [0.1, 0.15) is 16.7 Å². The van der Waals surface area contributed by atoms with Crippen LogP contribution in [0, 0.1) is 6.92 Å². The molecule has 8 rings (SSSR count). The fourth-order valence-corrected chi connectivity index (χ4v) is 6.76. The molecule has 0 N–H and O–H groups in total. The Kier molecular flexibility index (Phi) is 7.16. The fraction of sp³-hybridized carbons (Fsp3) is 0.0455. The summed E-state index contributed by atoms with van der Waals surface area (Å²) in [5, 5.41) is 2.60. The van der Waals surface area contributed by atoms with Crippen molar-refractivity contribution in [1.82, 2.24) is 4.57 Å². The van der Waals surface area contributed by atoms with E-state index in [1.807, 2.05) is 0 Å². The summed E-state index contributed by atoms with van der Waals surface area (Å²) in [5.74, 6) is 0. The Hall–Kier alpha value is -5.86. The van der Waals surface area contributed by atoms with E-state index in [9.17, 15) is 0 Å². The van der Waals surface area contributed by atoms with Gasteiger partial charge in [-0.25, -0.2) is 0 Å². The molecule has 0 saturated carbocycles. The van der Waals surface area contributed by atoms with Gasteiger partial charge in [0.2, 0.25) is 0 Å². The van der Waals surface area contributed by atoms with E-state index < -0.39 is 0 Å². The van der Waals surface area contributed by atoms with E-state index in [1.54, 1.807) is 0 Å². The first-order valence-electron chi connectivity index (χ1n) is 15.9. The molecule has 0 aliphatic heterocycles. The van der Waals surface area contributed by atoms with Gasteiger partial charge in [-0.15, -0.1) is 0 Å². The van der Waals surface area contributed by atoms with Crippen molar-refractivity contribution in [2.75, 3.05) is 4.90 Å². The normalized spacial score (nSPS) is 11.2. The van der Waals surface area contributed by atoms with Gasteiger partial charge in [0, 0.05) is 33.5 Å². The Morgan fingerprint density at radius 1 is 0.457 bits per heavy atom. The number of aryl methyl sites for hydroxylation is 1. The molecular formula is C44H34N2. The Labute approximate surface area is 270 Å². The fourth-order valence-electron chi connectivity index (χ4n) is 6.76. The van der Waals surface area contributed by atoms with Crippen molar-refractivity contribution in [3.8, 4) is 16.8 Å². The molecule has 46 heavy (non-hydrogen) atoms. The molecule has 0 spiro atoms. The van der Waals surface area contributed by atoms with Gasteiger partial charge in [0.15, 0.2) is 0 Å². The van der Waals surface area contributed by atoms with Crippen molar-refractivity contribution in [3.05, 3.63) is 193 Å².